The fourth-order valence-electron chi connectivity index (χ4n) is 3.48. The van der Waals surface area contributed by atoms with Crippen molar-refractivity contribution in [3.8, 4) is 0 Å². The largest absolute Gasteiger partial charge is 0.481 e. The molecule has 2 aromatic carbocycles. The summed E-state index contributed by atoms with van der Waals surface area (Å²) in [6, 6.07) is 15.0. The van der Waals surface area contributed by atoms with E-state index in [1.54, 1.807) is 0 Å². The number of rotatable bonds is 7. The number of carboxylic acid groups (broad SMARTS) is 1. The van der Waals surface area contributed by atoms with Gasteiger partial charge in [-0.3, -0.25) is 4.79 Å². The van der Waals surface area contributed by atoms with Crippen LogP contribution in [0.1, 0.15) is 24.0 Å². The Morgan fingerprint density at radius 1 is 1.04 bits per heavy atom. The molecule has 1 saturated heterocycles. The Labute approximate surface area is 164 Å². The van der Waals surface area contributed by atoms with E-state index in [0.29, 0.717) is 12.0 Å². The lowest BCUT2D eigenvalue weighted by Gasteiger charge is -2.38. The topological polar surface area (TPSA) is 86.7 Å². The van der Waals surface area contributed by atoms with Crippen molar-refractivity contribution in [2.24, 2.45) is 5.41 Å². The SMILES string of the molecule is O=C(O)C1(Cc2ccccc2)CCN(S(=O)(=O)NCc2ccc(F)cc2)CC1. The molecule has 1 fully saturated rings. The molecule has 28 heavy (non-hydrogen) atoms. The number of hydrogen-bond donors (Lipinski definition) is 2. The Bertz CT molecular complexity index is 909. The molecule has 8 heteroatoms. The zero-order valence-corrected chi connectivity index (χ0v) is 16.2. The highest BCUT2D eigenvalue weighted by Gasteiger charge is 2.43. The van der Waals surface area contributed by atoms with Crippen LogP contribution in [-0.2, 0) is 28.0 Å². The van der Waals surface area contributed by atoms with Crippen molar-refractivity contribution in [2.75, 3.05) is 13.1 Å². The summed E-state index contributed by atoms with van der Waals surface area (Å²) in [6.45, 7) is 0.322. The zero-order valence-electron chi connectivity index (χ0n) is 15.3. The molecule has 3 rings (SSSR count). The van der Waals surface area contributed by atoms with Crippen LogP contribution in [0, 0.1) is 11.2 Å². The lowest BCUT2D eigenvalue weighted by atomic mass is 9.74. The maximum absolute atomic E-state index is 13.0. The van der Waals surface area contributed by atoms with Crippen molar-refractivity contribution < 1.29 is 22.7 Å². The number of hydrogen-bond acceptors (Lipinski definition) is 3. The average Bonchev–Trinajstić information content (AvgIpc) is 2.69. The number of nitrogens with one attached hydrogen (secondary N) is 1. The van der Waals surface area contributed by atoms with E-state index in [1.165, 1.54) is 28.6 Å². The summed E-state index contributed by atoms with van der Waals surface area (Å²) in [7, 11) is -3.74. The van der Waals surface area contributed by atoms with Crippen molar-refractivity contribution in [2.45, 2.75) is 25.8 Å². The molecule has 0 bridgehead atoms. The van der Waals surface area contributed by atoms with Crippen LogP contribution in [0.5, 0.6) is 0 Å². The highest BCUT2D eigenvalue weighted by atomic mass is 32.2. The highest BCUT2D eigenvalue weighted by Crippen LogP contribution is 2.36. The first kappa shape index (κ1) is 20.4. The predicted molar refractivity (Wildman–Crippen MR) is 103 cm³/mol. The summed E-state index contributed by atoms with van der Waals surface area (Å²) in [4.78, 5) is 12.0. The Balaban J connectivity index is 1.63. The summed E-state index contributed by atoms with van der Waals surface area (Å²) in [5.41, 5.74) is 0.603. The van der Waals surface area contributed by atoms with Crippen molar-refractivity contribution in [1.29, 1.82) is 0 Å². The third-order valence-corrected chi connectivity index (χ3v) is 6.78. The van der Waals surface area contributed by atoms with Gasteiger partial charge in [-0.1, -0.05) is 42.5 Å². The molecule has 6 nitrogen and oxygen atoms in total. The molecule has 0 radical (unpaired) electrons. The number of halogens is 1. The summed E-state index contributed by atoms with van der Waals surface area (Å²) in [5, 5.41) is 9.80. The predicted octanol–water partition coefficient (Wildman–Crippen LogP) is 2.57. The fourth-order valence-corrected chi connectivity index (χ4v) is 4.67. The number of piperidine rings is 1. The highest BCUT2D eigenvalue weighted by molar-refractivity contribution is 7.87. The molecule has 1 aliphatic heterocycles. The minimum Gasteiger partial charge on any atom is -0.481 e. The molecule has 1 heterocycles. The fraction of sp³-hybridized carbons (Fsp3) is 0.350. The summed E-state index contributed by atoms with van der Waals surface area (Å²) in [5.74, 6) is -1.28. The first-order chi connectivity index (χ1) is 13.3. The first-order valence-electron chi connectivity index (χ1n) is 9.07. The molecular formula is C20H23FN2O4S. The van der Waals surface area contributed by atoms with Crippen LogP contribution >= 0.6 is 0 Å². The van der Waals surface area contributed by atoms with Crippen LogP contribution < -0.4 is 4.72 Å². The van der Waals surface area contributed by atoms with Crippen molar-refractivity contribution in [3.05, 3.63) is 71.5 Å². The standard InChI is InChI=1S/C20H23FN2O4S/c21-18-8-6-17(7-9-18)15-22-28(26,27)23-12-10-20(11-13-23,19(24)25)14-16-4-2-1-3-5-16/h1-9,22H,10-15H2,(H,24,25). The zero-order chi connectivity index (χ0) is 20.2. The van der Waals surface area contributed by atoms with Crippen LogP contribution in [0.2, 0.25) is 0 Å². The van der Waals surface area contributed by atoms with Gasteiger partial charge in [0.25, 0.3) is 10.2 Å². The minimum absolute atomic E-state index is 0.0488. The molecule has 2 N–H and O–H groups in total. The molecule has 2 aromatic rings. The quantitative estimate of drug-likeness (QED) is 0.740. The van der Waals surface area contributed by atoms with Gasteiger partial charge >= 0.3 is 5.97 Å². The second kappa shape index (κ2) is 8.38. The smallest absolute Gasteiger partial charge is 0.310 e. The van der Waals surface area contributed by atoms with Crippen LogP contribution in [0.4, 0.5) is 4.39 Å². The molecule has 0 unspecified atom stereocenters. The van der Waals surface area contributed by atoms with Crippen molar-refractivity contribution in [3.63, 3.8) is 0 Å². The van der Waals surface area contributed by atoms with Gasteiger partial charge < -0.3 is 5.11 Å². The number of benzene rings is 2. The van der Waals surface area contributed by atoms with E-state index in [1.807, 2.05) is 30.3 Å². The molecule has 1 aliphatic rings. The van der Waals surface area contributed by atoms with Crippen LogP contribution in [0.15, 0.2) is 54.6 Å². The van der Waals surface area contributed by atoms with Gasteiger partial charge in [0.15, 0.2) is 0 Å². The maximum Gasteiger partial charge on any atom is 0.310 e. The van der Waals surface area contributed by atoms with Gasteiger partial charge in [0.05, 0.1) is 5.41 Å². The van der Waals surface area contributed by atoms with E-state index >= 15 is 0 Å². The van der Waals surface area contributed by atoms with E-state index in [2.05, 4.69) is 4.72 Å². The van der Waals surface area contributed by atoms with Gasteiger partial charge in [-0.25, -0.2) is 4.39 Å². The monoisotopic (exact) mass is 406 g/mol. The third kappa shape index (κ3) is 4.76. The summed E-state index contributed by atoms with van der Waals surface area (Å²) < 4.78 is 41.8. The second-order valence-electron chi connectivity index (χ2n) is 7.10. The Hall–Kier alpha value is -2.29. The van der Waals surface area contributed by atoms with Crippen LogP contribution in [0.25, 0.3) is 0 Å². The second-order valence-corrected chi connectivity index (χ2v) is 8.85. The molecule has 150 valence electrons. The third-order valence-electron chi connectivity index (χ3n) is 5.23. The number of nitrogens with zero attached hydrogens (tertiary/aromatic N) is 1. The lowest BCUT2D eigenvalue weighted by molar-refractivity contribution is -0.151. The first-order valence-corrected chi connectivity index (χ1v) is 10.5. The molecule has 0 saturated carbocycles. The van der Waals surface area contributed by atoms with Gasteiger partial charge in [0.1, 0.15) is 5.82 Å². The van der Waals surface area contributed by atoms with E-state index in [4.69, 9.17) is 0 Å². The van der Waals surface area contributed by atoms with Gasteiger partial charge in [-0.05, 0) is 42.5 Å². The average molecular weight is 406 g/mol. The van der Waals surface area contributed by atoms with Crippen LogP contribution in [-0.4, -0.2) is 36.9 Å². The normalized spacial score (nSPS) is 17.3. The number of carbonyl (C=O) groups is 1. The molecule has 0 atom stereocenters. The molecular weight excluding hydrogens is 383 g/mol. The van der Waals surface area contributed by atoms with Gasteiger partial charge in [-0.2, -0.15) is 17.4 Å². The molecule has 0 amide bonds. The Kier molecular flexibility index (Phi) is 6.12. The molecule has 0 aromatic heterocycles. The maximum atomic E-state index is 13.0. The van der Waals surface area contributed by atoms with Crippen LogP contribution in [0.3, 0.4) is 0 Å². The van der Waals surface area contributed by atoms with E-state index in [0.717, 1.165) is 5.56 Å². The van der Waals surface area contributed by atoms with E-state index < -0.39 is 21.6 Å². The minimum atomic E-state index is -3.74. The number of carboxylic acids is 1. The van der Waals surface area contributed by atoms with Gasteiger partial charge in [0.2, 0.25) is 0 Å². The lowest BCUT2D eigenvalue weighted by Crippen LogP contribution is -2.50. The Morgan fingerprint density at radius 2 is 1.64 bits per heavy atom. The molecule has 0 aliphatic carbocycles. The van der Waals surface area contributed by atoms with Gasteiger partial charge in [0, 0.05) is 19.6 Å². The van der Waals surface area contributed by atoms with E-state index in [-0.39, 0.29) is 38.3 Å². The molecule has 0 spiro atoms. The Morgan fingerprint density at radius 3 is 2.21 bits per heavy atom. The summed E-state index contributed by atoms with van der Waals surface area (Å²) in [6.07, 6.45) is 0.865. The number of aliphatic carboxylic acids is 1. The van der Waals surface area contributed by atoms with E-state index in [9.17, 15) is 22.7 Å². The van der Waals surface area contributed by atoms with Crippen molar-refractivity contribution in [1.82, 2.24) is 9.03 Å². The van der Waals surface area contributed by atoms with Gasteiger partial charge in [-0.15, -0.1) is 0 Å². The summed E-state index contributed by atoms with van der Waals surface area (Å²) >= 11 is 0. The van der Waals surface area contributed by atoms with Crippen molar-refractivity contribution >= 4 is 16.2 Å².